The fourth-order valence-electron chi connectivity index (χ4n) is 2.67. The number of hydrogen-bond acceptors (Lipinski definition) is 6. The van der Waals surface area contributed by atoms with Gasteiger partial charge in [-0.3, -0.25) is 15.0 Å². The van der Waals surface area contributed by atoms with Gasteiger partial charge in [0.25, 0.3) is 0 Å². The van der Waals surface area contributed by atoms with Crippen LogP contribution < -0.4 is 5.32 Å². The monoisotopic (exact) mass is 414 g/mol. The lowest BCUT2D eigenvalue weighted by atomic mass is 9.99. The van der Waals surface area contributed by atoms with E-state index in [1.165, 1.54) is 12.0 Å². The first-order valence-electron chi connectivity index (χ1n) is 6.68. The van der Waals surface area contributed by atoms with Crippen molar-refractivity contribution in [3.63, 3.8) is 0 Å². The van der Waals surface area contributed by atoms with Gasteiger partial charge in [0.1, 0.15) is 15.8 Å². The van der Waals surface area contributed by atoms with E-state index in [2.05, 4.69) is 5.32 Å². The number of aliphatic hydroxyl groups is 2. The van der Waals surface area contributed by atoms with Gasteiger partial charge < -0.3 is 19.7 Å². The standard InChI is InChI=1S/C12H19IN2O6/c1-3-12(13)9(18)14-11(19)15(10(12)20-2)8-4-6(17)7(5-16)21-8/h6-8,10,16-17H,3-5H2,1-2H3,(H,14,18,19)/t6-,7+,8+,10-,12+/m0/s1. The molecule has 0 saturated carbocycles. The summed E-state index contributed by atoms with van der Waals surface area (Å²) in [7, 11) is 1.42. The molecule has 9 heteroatoms. The number of amides is 3. The van der Waals surface area contributed by atoms with E-state index in [1.54, 1.807) is 0 Å². The second-order valence-corrected chi connectivity index (χ2v) is 7.01. The highest BCUT2D eigenvalue weighted by atomic mass is 127. The maximum Gasteiger partial charge on any atom is 0.328 e. The molecule has 2 heterocycles. The van der Waals surface area contributed by atoms with Crippen molar-refractivity contribution in [2.45, 2.75) is 47.9 Å². The van der Waals surface area contributed by atoms with Gasteiger partial charge in [0.2, 0.25) is 5.91 Å². The Kier molecular flexibility index (Phi) is 5.08. The van der Waals surface area contributed by atoms with Gasteiger partial charge in [-0.2, -0.15) is 0 Å². The van der Waals surface area contributed by atoms with Crippen molar-refractivity contribution >= 4 is 34.5 Å². The molecule has 8 nitrogen and oxygen atoms in total. The van der Waals surface area contributed by atoms with E-state index in [-0.39, 0.29) is 13.0 Å². The van der Waals surface area contributed by atoms with E-state index in [1.807, 2.05) is 29.5 Å². The molecule has 0 aromatic heterocycles. The summed E-state index contributed by atoms with van der Waals surface area (Å²) in [5.41, 5.74) is 0. The number of nitrogens with one attached hydrogen (secondary N) is 1. The topological polar surface area (TPSA) is 108 Å². The number of methoxy groups -OCH3 is 1. The van der Waals surface area contributed by atoms with Gasteiger partial charge in [0.15, 0.2) is 6.23 Å². The van der Waals surface area contributed by atoms with Crippen LogP contribution in [0.3, 0.4) is 0 Å². The Balaban J connectivity index is 2.28. The Hall–Kier alpha value is -0.490. The summed E-state index contributed by atoms with van der Waals surface area (Å²) in [5.74, 6) is -0.407. The van der Waals surface area contributed by atoms with Crippen molar-refractivity contribution in [1.82, 2.24) is 10.2 Å². The fourth-order valence-corrected chi connectivity index (χ4v) is 3.36. The summed E-state index contributed by atoms with van der Waals surface area (Å²) < 4.78 is 9.95. The van der Waals surface area contributed by atoms with E-state index < -0.39 is 40.0 Å². The first-order valence-corrected chi connectivity index (χ1v) is 7.76. The lowest BCUT2D eigenvalue weighted by Gasteiger charge is -2.45. The molecular weight excluding hydrogens is 395 g/mol. The quantitative estimate of drug-likeness (QED) is 0.426. The van der Waals surface area contributed by atoms with Crippen molar-refractivity contribution in [1.29, 1.82) is 0 Å². The van der Waals surface area contributed by atoms with Gasteiger partial charge in [-0.1, -0.05) is 29.5 Å². The number of carbonyl (C=O) groups is 2. The van der Waals surface area contributed by atoms with Crippen molar-refractivity contribution in [2.75, 3.05) is 13.7 Å². The molecule has 0 aliphatic carbocycles. The maximum absolute atomic E-state index is 12.2. The minimum Gasteiger partial charge on any atom is -0.394 e. The van der Waals surface area contributed by atoms with Crippen LogP contribution in [0.1, 0.15) is 19.8 Å². The molecule has 3 N–H and O–H groups in total. The minimum atomic E-state index is -0.938. The maximum atomic E-state index is 12.2. The van der Waals surface area contributed by atoms with Crippen LogP contribution in [-0.2, 0) is 14.3 Å². The lowest BCUT2D eigenvalue weighted by molar-refractivity contribution is -0.154. The van der Waals surface area contributed by atoms with Crippen LogP contribution in [0.25, 0.3) is 0 Å². The zero-order chi connectivity index (χ0) is 15.8. The summed E-state index contributed by atoms with van der Waals surface area (Å²) in [6.07, 6.45) is -2.56. The number of nitrogens with zero attached hydrogens (tertiary/aromatic N) is 1. The number of aliphatic hydroxyl groups excluding tert-OH is 2. The van der Waals surface area contributed by atoms with Crippen LogP contribution in [0.5, 0.6) is 0 Å². The molecule has 0 bridgehead atoms. The third-order valence-electron chi connectivity index (χ3n) is 3.91. The predicted octanol–water partition coefficient (Wildman–Crippen LogP) is -0.437. The van der Waals surface area contributed by atoms with Crippen LogP contribution in [-0.4, -0.2) is 68.9 Å². The van der Waals surface area contributed by atoms with Crippen LogP contribution in [0.4, 0.5) is 4.79 Å². The third kappa shape index (κ3) is 2.77. The van der Waals surface area contributed by atoms with E-state index in [9.17, 15) is 14.7 Å². The van der Waals surface area contributed by atoms with E-state index in [0.717, 1.165) is 0 Å². The summed E-state index contributed by atoms with van der Waals surface area (Å²) in [4.78, 5) is 25.5. The van der Waals surface area contributed by atoms with E-state index in [4.69, 9.17) is 14.6 Å². The lowest BCUT2D eigenvalue weighted by Crippen LogP contribution is -2.69. The molecule has 3 amide bonds. The van der Waals surface area contributed by atoms with E-state index in [0.29, 0.717) is 6.42 Å². The molecule has 2 aliphatic heterocycles. The Bertz CT molecular complexity index is 436. The number of ether oxygens (including phenoxy) is 2. The normalized spacial score (nSPS) is 40.5. The SMILES string of the molecule is CC[C@@]1(I)C(=O)NC(=O)N([C@H]2C[C@H](O)[C@@H](CO)O2)[C@H]1OC. The highest BCUT2D eigenvalue weighted by molar-refractivity contribution is 14.1. The molecule has 120 valence electrons. The second-order valence-electron chi connectivity index (χ2n) is 5.09. The molecule has 21 heavy (non-hydrogen) atoms. The van der Waals surface area contributed by atoms with Gasteiger partial charge in [0.05, 0.1) is 12.7 Å². The Morgan fingerprint density at radius 3 is 2.71 bits per heavy atom. The summed E-state index contributed by atoms with van der Waals surface area (Å²) in [6.45, 7) is 1.49. The molecule has 2 fully saturated rings. The van der Waals surface area contributed by atoms with Gasteiger partial charge in [0, 0.05) is 13.5 Å². The molecule has 0 radical (unpaired) electrons. The number of hydrogen-bond donors (Lipinski definition) is 3. The smallest absolute Gasteiger partial charge is 0.328 e. The number of halogens is 1. The van der Waals surface area contributed by atoms with Gasteiger partial charge >= 0.3 is 6.03 Å². The molecule has 0 aromatic rings. The predicted molar refractivity (Wildman–Crippen MR) is 79.6 cm³/mol. The van der Waals surface area contributed by atoms with Gasteiger partial charge in [-0.05, 0) is 6.42 Å². The van der Waals surface area contributed by atoms with Crippen molar-refractivity contribution < 1.29 is 29.3 Å². The Morgan fingerprint density at radius 2 is 2.24 bits per heavy atom. The number of urea groups is 1. The molecule has 5 atom stereocenters. The molecule has 0 unspecified atom stereocenters. The zero-order valence-electron chi connectivity index (χ0n) is 11.8. The highest BCUT2D eigenvalue weighted by Gasteiger charge is 2.55. The summed E-state index contributed by atoms with van der Waals surface area (Å²) in [5, 5.41) is 21.3. The van der Waals surface area contributed by atoms with Crippen molar-refractivity contribution in [2.24, 2.45) is 0 Å². The second kappa shape index (κ2) is 6.32. The zero-order valence-corrected chi connectivity index (χ0v) is 13.9. The van der Waals surface area contributed by atoms with Crippen LogP contribution in [0, 0.1) is 0 Å². The van der Waals surface area contributed by atoms with Crippen LogP contribution in [0.15, 0.2) is 0 Å². The molecule has 0 aromatic carbocycles. The van der Waals surface area contributed by atoms with Crippen molar-refractivity contribution in [3.05, 3.63) is 0 Å². The Morgan fingerprint density at radius 1 is 1.57 bits per heavy atom. The van der Waals surface area contributed by atoms with Crippen LogP contribution >= 0.6 is 22.6 Å². The number of imide groups is 1. The summed E-state index contributed by atoms with van der Waals surface area (Å²) >= 11 is 1.98. The highest BCUT2D eigenvalue weighted by Crippen LogP contribution is 2.38. The third-order valence-corrected chi connectivity index (χ3v) is 5.69. The number of rotatable bonds is 4. The molecule has 0 spiro atoms. The Labute approximate surface area is 135 Å². The van der Waals surface area contributed by atoms with Gasteiger partial charge in [-0.15, -0.1) is 0 Å². The molecule has 2 aliphatic rings. The minimum absolute atomic E-state index is 0.156. The van der Waals surface area contributed by atoms with E-state index >= 15 is 0 Å². The van der Waals surface area contributed by atoms with Crippen molar-refractivity contribution in [3.8, 4) is 0 Å². The van der Waals surface area contributed by atoms with Gasteiger partial charge in [-0.25, -0.2) is 4.79 Å². The number of alkyl halides is 1. The molecule has 2 saturated heterocycles. The average molecular weight is 414 g/mol. The fraction of sp³-hybridized carbons (Fsp3) is 0.833. The average Bonchev–Trinajstić information content (AvgIpc) is 2.82. The molecule has 2 rings (SSSR count). The summed E-state index contributed by atoms with van der Waals surface area (Å²) in [6, 6.07) is -0.622. The first-order chi connectivity index (χ1) is 9.88. The largest absolute Gasteiger partial charge is 0.394 e. The number of carbonyl (C=O) groups excluding carboxylic acids is 2. The van der Waals surface area contributed by atoms with Crippen LogP contribution in [0.2, 0.25) is 0 Å². The first kappa shape index (κ1) is 16.9. The molecular formula is C12H19IN2O6.